The number of rotatable bonds is 7. The van der Waals surface area contributed by atoms with Crippen molar-refractivity contribution in [2.45, 2.75) is 49.9 Å². The number of carboxylic acid groups (broad SMARTS) is 1. The number of carboxylic acids is 1. The van der Waals surface area contributed by atoms with Crippen molar-refractivity contribution in [2.24, 2.45) is 5.41 Å². The van der Waals surface area contributed by atoms with Crippen molar-refractivity contribution >= 4 is 52.4 Å². The van der Waals surface area contributed by atoms with E-state index in [4.69, 9.17) is 27.9 Å². The van der Waals surface area contributed by atoms with Gasteiger partial charge in [0.25, 0.3) is 0 Å². The molecule has 1 spiro atoms. The van der Waals surface area contributed by atoms with Crippen molar-refractivity contribution in [1.82, 2.24) is 5.32 Å². The van der Waals surface area contributed by atoms with E-state index in [2.05, 4.69) is 16.0 Å². The first-order valence-electron chi connectivity index (χ1n) is 13.6. The first kappa shape index (κ1) is 32.5. The summed E-state index contributed by atoms with van der Waals surface area (Å²) in [5.74, 6) is -5.23. The Morgan fingerprint density at radius 1 is 1.09 bits per heavy atom. The van der Waals surface area contributed by atoms with Crippen LogP contribution in [0.5, 0.6) is 5.75 Å². The first-order chi connectivity index (χ1) is 21.0. The van der Waals surface area contributed by atoms with Gasteiger partial charge in [-0.2, -0.15) is 13.2 Å². The third-order valence-electron chi connectivity index (χ3n) is 8.59. The van der Waals surface area contributed by atoms with Gasteiger partial charge in [0.15, 0.2) is 0 Å². The fourth-order valence-electron chi connectivity index (χ4n) is 6.30. The van der Waals surface area contributed by atoms with Crippen molar-refractivity contribution in [3.05, 3.63) is 87.2 Å². The monoisotopic (exact) mass is 667 g/mol. The van der Waals surface area contributed by atoms with Gasteiger partial charge in [-0.25, -0.2) is 9.18 Å². The number of benzene rings is 3. The average Bonchev–Trinajstić information content (AvgIpc) is 3.43. The standard InChI is InChI=1S/C31H27Cl2F4N3O5/c1-29(2,31(35,36)37)13-22-30(17-9-8-15(32)12-20(17)39-28(30)44)23(16-5-4-6-18(33)24(16)34)25(40-22)26(41)38-19-10-7-14(27(42)43)11-21(19)45-3/h4-12,22-23,25,40H,13H2,1-3H3,(H,38,41)(H,39,44)(H,42,43)/t22-,23-,25+,30+/m0/s1. The van der Waals surface area contributed by atoms with E-state index in [1.165, 1.54) is 61.7 Å². The Kier molecular flexibility index (Phi) is 8.30. The summed E-state index contributed by atoms with van der Waals surface area (Å²) >= 11 is 12.3. The van der Waals surface area contributed by atoms with Crippen molar-refractivity contribution in [2.75, 3.05) is 17.7 Å². The van der Waals surface area contributed by atoms with Gasteiger partial charge in [0.1, 0.15) is 17.0 Å². The fraction of sp³-hybridized carbons (Fsp3) is 0.323. The molecule has 0 unspecified atom stereocenters. The number of alkyl halides is 3. The number of hydrogen-bond acceptors (Lipinski definition) is 5. The zero-order chi connectivity index (χ0) is 33.1. The van der Waals surface area contributed by atoms with Crippen LogP contribution in [0.25, 0.3) is 0 Å². The summed E-state index contributed by atoms with van der Waals surface area (Å²) in [5, 5.41) is 17.6. The lowest BCUT2D eigenvalue weighted by Gasteiger charge is -2.39. The van der Waals surface area contributed by atoms with Crippen LogP contribution < -0.4 is 20.7 Å². The molecule has 1 saturated heterocycles. The summed E-state index contributed by atoms with van der Waals surface area (Å²) in [6.45, 7) is 1.96. The highest BCUT2D eigenvalue weighted by Gasteiger charge is 2.67. The zero-order valence-corrected chi connectivity index (χ0v) is 25.5. The summed E-state index contributed by atoms with van der Waals surface area (Å²) in [5.41, 5.74) is -4.11. The van der Waals surface area contributed by atoms with Crippen molar-refractivity contribution in [3.8, 4) is 5.75 Å². The molecule has 2 heterocycles. The van der Waals surface area contributed by atoms with Crippen LogP contribution in [0.4, 0.5) is 28.9 Å². The molecule has 2 amide bonds. The number of hydrogen-bond donors (Lipinski definition) is 4. The summed E-state index contributed by atoms with van der Waals surface area (Å²) < 4.78 is 64.1. The molecule has 0 aromatic heterocycles. The number of methoxy groups -OCH3 is 1. The lowest BCUT2D eigenvalue weighted by molar-refractivity contribution is -0.216. The molecular formula is C31H27Cl2F4N3O5. The molecule has 4 atom stereocenters. The molecule has 3 aromatic rings. The number of carbonyl (C=O) groups is 3. The maximum Gasteiger partial charge on any atom is 0.394 e. The quantitative estimate of drug-likeness (QED) is 0.207. The number of fused-ring (bicyclic) bond motifs is 2. The Morgan fingerprint density at radius 2 is 1.80 bits per heavy atom. The maximum atomic E-state index is 15.9. The van der Waals surface area contributed by atoms with Gasteiger partial charge in [-0.3, -0.25) is 9.59 Å². The number of amides is 2. The molecule has 0 radical (unpaired) electrons. The van der Waals surface area contributed by atoms with Crippen LogP contribution in [0, 0.1) is 11.2 Å². The maximum absolute atomic E-state index is 15.9. The normalized spacial score (nSPS) is 22.7. The van der Waals surface area contributed by atoms with Gasteiger partial charge in [0, 0.05) is 22.7 Å². The van der Waals surface area contributed by atoms with Crippen LogP contribution >= 0.6 is 23.2 Å². The highest BCUT2D eigenvalue weighted by molar-refractivity contribution is 6.31. The van der Waals surface area contributed by atoms with E-state index in [1.807, 2.05) is 0 Å². The van der Waals surface area contributed by atoms with Gasteiger partial charge < -0.3 is 25.8 Å². The van der Waals surface area contributed by atoms with E-state index >= 15 is 4.39 Å². The second-order valence-corrected chi connectivity index (χ2v) is 12.5. The number of aromatic carboxylic acids is 1. The Balaban J connectivity index is 1.73. The van der Waals surface area contributed by atoms with E-state index in [0.717, 1.165) is 13.8 Å². The topological polar surface area (TPSA) is 117 Å². The molecule has 5 rings (SSSR count). The Bertz CT molecular complexity index is 1720. The molecule has 2 aliphatic heterocycles. The lowest BCUT2D eigenvalue weighted by atomic mass is 9.62. The largest absolute Gasteiger partial charge is 0.495 e. The van der Waals surface area contributed by atoms with Crippen molar-refractivity contribution < 1.29 is 41.8 Å². The van der Waals surface area contributed by atoms with Gasteiger partial charge in [-0.05, 0) is 53.9 Å². The zero-order valence-electron chi connectivity index (χ0n) is 24.0. The van der Waals surface area contributed by atoms with Crippen LogP contribution in [0.15, 0.2) is 54.6 Å². The Labute approximate surface area is 265 Å². The molecule has 1 fully saturated rings. The minimum absolute atomic E-state index is 0.0187. The van der Waals surface area contributed by atoms with Gasteiger partial charge >= 0.3 is 12.1 Å². The third-order valence-corrected chi connectivity index (χ3v) is 9.12. The first-order valence-corrected chi connectivity index (χ1v) is 14.4. The molecule has 45 heavy (non-hydrogen) atoms. The van der Waals surface area contributed by atoms with Crippen molar-refractivity contribution in [3.63, 3.8) is 0 Å². The molecule has 0 bridgehead atoms. The van der Waals surface area contributed by atoms with Crippen LogP contribution in [0.3, 0.4) is 0 Å². The van der Waals surface area contributed by atoms with Crippen LogP contribution in [-0.2, 0) is 15.0 Å². The van der Waals surface area contributed by atoms with E-state index in [-0.39, 0.29) is 43.9 Å². The molecule has 2 aliphatic rings. The minimum Gasteiger partial charge on any atom is -0.495 e. The van der Waals surface area contributed by atoms with E-state index in [9.17, 15) is 32.7 Å². The SMILES string of the molecule is COc1cc(C(=O)O)ccc1NC(=O)[C@@H]1N[C@@H](CC(C)(C)C(F)(F)F)[C@@]2(C(=O)Nc3cc(Cl)ccc32)[C@H]1c1cccc(Cl)c1F. The number of halogens is 6. The molecule has 14 heteroatoms. The van der Waals surface area contributed by atoms with E-state index in [0.29, 0.717) is 0 Å². The smallest absolute Gasteiger partial charge is 0.394 e. The highest BCUT2D eigenvalue weighted by atomic mass is 35.5. The minimum atomic E-state index is -4.70. The summed E-state index contributed by atoms with van der Waals surface area (Å²) in [6, 6.07) is 9.21. The Hall–Kier alpha value is -3.87. The van der Waals surface area contributed by atoms with E-state index < -0.39 is 65.0 Å². The predicted octanol–water partition coefficient (Wildman–Crippen LogP) is 6.77. The highest BCUT2D eigenvalue weighted by Crippen LogP contribution is 2.58. The van der Waals surface area contributed by atoms with Gasteiger partial charge in [0.05, 0.1) is 34.8 Å². The lowest BCUT2D eigenvalue weighted by Crippen LogP contribution is -2.51. The predicted molar refractivity (Wildman–Crippen MR) is 160 cm³/mol. The van der Waals surface area contributed by atoms with Crippen LogP contribution in [-0.4, -0.2) is 48.3 Å². The van der Waals surface area contributed by atoms with Gasteiger partial charge in [-0.1, -0.05) is 55.2 Å². The van der Waals surface area contributed by atoms with Gasteiger partial charge in [0.2, 0.25) is 11.8 Å². The molecule has 0 saturated carbocycles. The molecule has 0 aliphatic carbocycles. The second kappa shape index (κ2) is 11.5. The fourth-order valence-corrected chi connectivity index (χ4v) is 6.66. The average molecular weight is 668 g/mol. The van der Waals surface area contributed by atoms with Gasteiger partial charge in [-0.15, -0.1) is 0 Å². The number of ether oxygens (including phenoxy) is 1. The summed E-state index contributed by atoms with van der Waals surface area (Å²) in [7, 11) is 1.25. The summed E-state index contributed by atoms with van der Waals surface area (Å²) in [6.07, 6.45) is -5.38. The molecule has 238 valence electrons. The number of nitrogens with one attached hydrogen (secondary N) is 3. The molecule has 4 N–H and O–H groups in total. The number of anilines is 2. The molecule has 3 aromatic carbocycles. The second-order valence-electron chi connectivity index (χ2n) is 11.6. The van der Waals surface area contributed by atoms with Crippen molar-refractivity contribution in [1.29, 1.82) is 0 Å². The molecular weight excluding hydrogens is 641 g/mol. The third kappa shape index (κ3) is 5.38. The summed E-state index contributed by atoms with van der Waals surface area (Å²) in [4.78, 5) is 39.8. The Morgan fingerprint density at radius 3 is 2.44 bits per heavy atom. The number of carbonyl (C=O) groups excluding carboxylic acids is 2. The van der Waals surface area contributed by atoms with Crippen LogP contribution in [0.1, 0.15) is 47.7 Å². The van der Waals surface area contributed by atoms with Crippen LogP contribution in [0.2, 0.25) is 10.0 Å². The molecule has 8 nitrogen and oxygen atoms in total. The van der Waals surface area contributed by atoms with E-state index in [1.54, 1.807) is 0 Å².